The van der Waals surface area contributed by atoms with Gasteiger partial charge in [-0.2, -0.15) is 0 Å². The third-order valence-electron chi connectivity index (χ3n) is 4.41. The summed E-state index contributed by atoms with van der Waals surface area (Å²) in [6.07, 6.45) is 1.21. The zero-order chi connectivity index (χ0) is 14.8. The number of aliphatic hydroxyl groups is 1. The minimum atomic E-state index is -0.423. The normalized spacial score (nSPS) is 28.5. The van der Waals surface area contributed by atoms with Crippen LogP contribution in [-0.2, 0) is 6.42 Å². The number of piperidine rings is 1. The van der Waals surface area contributed by atoms with Gasteiger partial charge in [-0.1, -0.05) is 25.1 Å². The van der Waals surface area contributed by atoms with Crippen LogP contribution in [0.1, 0.15) is 18.9 Å². The molecule has 5 nitrogen and oxygen atoms in total. The molecule has 0 spiro atoms. The van der Waals surface area contributed by atoms with Crippen molar-refractivity contribution in [3.8, 4) is 5.75 Å². The van der Waals surface area contributed by atoms with Crippen LogP contribution in [0.5, 0.6) is 5.75 Å². The molecule has 2 heterocycles. The molecule has 1 saturated heterocycles. The van der Waals surface area contributed by atoms with Gasteiger partial charge in [-0.25, -0.2) is 4.79 Å². The highest BCUT2D eigenvalue weighted by Crippen LogP contribution is 2.24. The van der Waals surface area contributed by atoms with Gasteiger partial charge in [-0.3, -0.25) is 0 Å². The number of nitrogens with zero attached hydrogens (tertiary/aromatic N) is 1. The quantitative estimate of drug-likeness (QED) is 0.822. The van der Waals surface area contributed by atoms with E-state index in [1.165, 1.54) is 0 Å². The predicted molar refractivity (Wildman–Crippen MR) is 79.3 cm³/mol. The molecule has 1 aromatic rings. The summed E-state index contributed by atoms with van der Waals surface area (Å²) in [7, 11) is 0. The molecule has 1 aromatic carbocycles. The Kier molecular flexibility index (Phi) is 4.01. The molecule has 1 fully saturated rings. The first-order chi connectivity index (χ1) is 10.1. The Morgan fingerprint density at radius 3 is 3.05 bits per heavy atom. The van der Waals surface area contributed by atoms with E-state index in [2.05, 4.69) is 5.32 Å². The number of rotatable bonds is 1. The summed E-state index contributed by atoms with van der Waals surface area (Å²) in [6, 6.07) is 7.80. The van der Waals surface area contributed by atoms with Crippen molar-refractivity contribution in [3.63, 3.8) is 0 Å². The number of aliphatic hydroxyl groups excluding tert-OH is 1. The lowest BCUT2D eigenvalue weighted by Crippen LogP contribution is -2.53. The standard InChI is InChI=1S/C16H22N2O3/c1-11-6-7-18(9-14(11)19)16(20)17-13-8-12-4-2-3-5-15(12)21-10-13/h2-5,11,13-14,19H,6-10H2,1H3,(H,17,20). The summed E-state index contributed by atoms with van der Waals surface area (Å²) in [5, 5.41) is 12.9. The molecule has 2 N–H and O–H groups in total. The number of urea groups is 1. The van der Waals surface area contributed by atoms with E-state index in [4.69, 9.17) is 4.74 Å². The lowest BCUT2D eigenvalue weighted by molar-refractivity contribution is 0.0424. The number of para-hydroxylation sites is 1. The second-order valence-corrected chi connectivity index (χ2v) is 6.05. The van der Waals surface area contributed by atoms with Gasteiger partial charge in [-0.15, -0.1) is 0 Å². The molecule has 0 aromatic heterocycles. The largest absolute Gasteiger partial charge is 0.491 e. The van der Waals surface area contributed by atoms with E-state index in [-0.39, 0.29) is 18.0 Å². The number of likely N-dealkylation sites (tertiary alicyclic amines) is 1. The average Bonchev–Trinajstić information content (AvgIpc) is 2.50. The maximum absolute atomic E-state index is 12.3. The molecule has 2 aliphatic heterocycles. The van der Waals surface area contributed by atoms with E-state index in [1.807, 2.05) is 31.2 Å². The Labute approximate surface area is 124 Å². The van der Waals surface area contributed by atoms with Crippen LogP contribution in [0, 0.1) is 5.92 Å². The van der Waals surface area contributed by atoms with Crippen LogP contribution in [0.2, 0.25) is 0 Å². The van der Waals surface area contributed by atoms with Crippen LogP contribution in [0.15, 0.2) is 24.3 Å². The first-order valence-electron chi connectivity index (χ1n) is 7.57. The van der Waals surface area contributed by atoms with Gasteiger partial charge in [-0.05, 0) is 30.4 Å². The molecule has 0 radical (unpaired) electrons. The SMILES string of the molecule is CC1CCN(C(=O)NC2COc3ccccc3C2)CC1O. The highest BCUT2D eigenvalue weighted by molar-refractivity contribution is 5.74. The molecule has 0 bridgehead atoms. The number of benzene rings is 1. The van der Waals surface area contributed by atoms with Gasteiger partial charge in [0.1, 0.15) is 12.4 Å². The summed E-state index contributed by atoms with van der Waals surface area (Å²) in [5.41, 5.74) is 1.13. The number of β-amino-alcohol motifs (C(OH)–C–C–N with tert-alkyl or cyclic N) is 1. The molecule has 0 aliphatic carbocycles. The lowest BCUT2D eigenvalue weighted by atomic mass is 9.96. The third kappa shape index (κ3) is 3.13. The van der Waals surface area contributed by atoms with Crippen molar-refractivity contribution in [1.82, 2.24) is 10.2 Å². The van der Waals surface area contributed by atoms with Crippen LogP contribution < -0.4 is 10.1 Å². The Hall–Kier alpha value is -1.75. The first-order valence-corrected chi connectivity index (χ1v) is 7.57. The molecule has 5 heteroatoms. The maximum Gasteiger partial charge on any atom is 0.317 e. The molecule has 0 saturated carbocycles. The van der Waals surface area contributed by atoms with E-state index in [1.54, 1.807) is 4.90 Å². The fraction of sp³-hybridized carbons (Fsp3) is 0.562. The molecular weight excluding hydrogens is 268 g/mol. The van der Waals surface area contributed by atoms with Gasteiger partial charge in [0.25, 0.3) is 0 Å². The highest BCUT2D eigenvalue weighted by Gasteiger charge is 2.29. The molecule has 3 unspecified atom stereocenters. The highest BCUT2D eigenvalue weighted by atomic mass is 16.5. The second-order valence-electron chi connectivity index (χ2n) is 6.05. The van der Waals surface area contributed by atoms with Gasteiger partial charge in [0.15, 0.2) is 0 Å². The van der Waals surface area contributed by atoms with Crippen molar-refractivity contribution >= 4 is 6.03 Å². The number of carbonyl (C=O) groups is 1. The van der Waals surface area contributed by atoms with Crippen molar-refractivity contribution in [3.05, 3.63) is 29.8 Å². The van der Waals surface area contributed by atoms with Crippen LogP contribution in [0.4, 0.5) is 4.79 Å². The Morgan fingerprint density at radius 1 is 1.43 bits per heavy atom. The van der Waals surface area contributed by atoms with Crippen LogP contribution >= 0.6 is 0 Å². The number of hydrogen-bond donors (Lipinski definition) is 2. The zero-order valence-corrected chi connectivity index (χ0v) is 12.3. The van der Waals surface area contributed by atoms with Gasteiger partial charge in [0.2, 0.25) is 0 Å². The first kappa shape index (κ1) is 14.2. The third-order valence-corrected chi connectivity index (χ3v) is 4.41. The maximum atomic E-state index is 12.3. The fourth-order valence-corrected chi connectivity index (χ4v) is 2.92. The van der Waals surface area contributed by atoms with E-state index >= 15 is 0 Å². The van der Waals surface area contributed by atoms with E-state index in [0.29, 0.717) is 19.7 Å². The Bertz CT molecular complexity index is 520. The Morgan fingerprint density at radius 2 is 2.24 bits per heavy atom. The van der Waals surface area contributed by atoms with Crippen molar-refractivity contribution in [1.29, 1.82) is 0 Å². The lowest BCUT2D eigenvalue weighted by Gasteiger charge is -2.35. The molecule has 3 rings (SSSR count). The van der Waals surface area contributed by atoms with Gasteiger partial charge in [0, 0.05) is 13.1 Å². The number of amides is 2. The second kappa shape index (κ2) is 5.93. The average molecular weight is 290 g/mol. The number of carbonyl (C=O) groups excluding carboxylic acids is 1. The number of ether oxygens (including phenoxy) is 1. The van der Waals surface area contributed by atoms with Crippen molar-refractivity contribution < 1.29 is 14.6 Å². The molecule has 2 amide bonds. The van der Waals surface area contributed by atoms with Crippen molar-refractivity contribution in [2.75, 3.05) is 19.7 Å². The Balaban J connectivity index is 1.57. The molecular formula is C16H22N2O3. The summed E-state index contributed by atoms with van der Waals surface area (Å²) in [5.74, 6) is 1.17. The van der Waals surface area contributed by atoms with Crippen LogP contribution in [-0.4, -0.2) is 47.9 Å². The number of nitrogens with one attached hydrogen (secondary N) is 1. The topological polar surface area (TPSA) is 61.8 Å². The van der Waals surface area contributed by atoms with Crippen LogP contribution in [0.25, 0.3) is 0 Å². The summed E-state index contributed by atoms with van der Waals surface area (Å²) >= 11 is 0. The van der Waals surface area contributed by atoms with E-state index in [9.17, 15) is 9.90 Å². The molecule has 3 atom stereocenters. The summed E-state index contributed by atoms with van der Waals surface area (Å²) in [6.45, 7) is 3.63. The number of fused-ring (bicyclic) bond motifs is 1. The van der Waals surface area contributed by atoms with Gasteiger partial charge < -0.3 is 20.1 Å². The number of hydrogen-bond acceptors (Lipinski definition) is 3. The smallest absolute Gasteiger partial charge is 0.317 e. The van der Waals surface area contributed by atoms with Gasteiger partial charge >= 0.3 is 6.03 Å². The predicted octanol–water partition coefficient (Wildman–Crippen LogP) is 1.40. The van der Waals surface area contributed by atoms with E-state index < -0.39 is 6.10 Å². The van der Waals surface area contributed by atoms with Crippen molar-refractivity contribution in [2.45, 2.75) is 31.9 Å². The summed E-state index contributed by atoms with van der Waals surface area (Å²) < 4.78 is 5.68. The molecule has 21 heavy (non-hydrogen) atoms. The molecule has 2 aliphatic rings. The monoisotopic (exact) mass is 290 g/mol. The van der Waals surface area contributed by atoms with Crippen molar-refractivity contribution in [2.24, 2.45) is 5.92 Å². The zero-order valence-electron chi connectivity index (χ0n) is 12.3. The molecule has 114 valence electrons. The fourth-order valence-electron chi connectivity index (χ4n) is 2.92. The van der Waals surface area contributed by atoms with E-state index in [0.717, 1.165) is 24.2 Å². The summed E-state index contributed by atoms with van der Waals surface area (Å²) in [4.78, 5) is 14.0. The van der Waals surface area contributed by atoms with Gasteiger partial charge in [0.05, 0.1) is 12.1 Å². The van der Waals surface area contributed by atoms with Crippen LogP contribution in [0.3, 0.4) is 0 Å². The minimum Gasteiger partial charge on any atom is -0.491 e. The minimum absolute atomic E-state index is 0.0103.